The Morgan fingerprint density at radius 1 is 1.14 bits per heavy atom. The number of thioether (sulfide) groups is 1. The molecule has 28 heavy (non-hydrogen) atoms. The maximum absolute atomic E-state index is 12.7. The van der Waals surface area contributed by atoms with Crippen molar-refractivity contribution in [3.63, 3.8) is 0 Å². The van der Waals surface area contributed by atoms with E-state index in [2.05, 4.69) is 16.9 Å². The highest BCUT2D eigenvalue weighted by atomic mass is 35.5. The maximum Gasteiger partial charge on any atom is 0.242 e. The summed E-state index contributed by atoms with van der Waals surface area (Å²) in [5.74, 6) is -0.414. The average Bonchev–Trinajstić information content (AvgIpc) is 2.94. The molecule has 1 aliphatic heterocycles. The molecule has 0 saturated carbocycles. The second-order valence-corrected chi connectivity index (χ2v) is 8.02. The summed E-state index contributed by atoms with van der Waals surface area (Å²) in [5, 5.41) is 3.97. The number of rotatable bonds is 6. The van der Waals surface area contributed by atoms with E-state index in [1.165, 1.54) is 16.7 Å². The van der Waals surface area contributed by atoms with Gasteiger partial charge in [0.15, 0.2) is 5.17 Å². The lowest BCUT2D eigenvalue weighted by Gasteiger charge is -2.13. The van der Waals surface area contributed by atoms with E-state index in [1.54, 1.807) is 54.6 Å². The fourth-order valence-electron chi connectivity index (χ4n) is 2.56. The van der Waals surface area contributed by atoms with Crippen LogP contribution in [0.5, 0.6) is 0 Å². The largest absolute Gasteiger partial charge is 0.326 e. The third-order valence-electron chi connectivity index (χ3n) is 3.88. The van der Waals surface area contributed by atoms with E-state index in [0.717, 1.165) is 0 Å². The van der Waals surface area contributed by atoms with Crippen LogP contribution in [0.15, 0.2) is 66.2 Å². The summed E-state index contributed by atoms with van der Waals surface area (Å²) in [7, 11) is 0. The number of aliphatic imine (C=N–C) groups is 1. The van der Waals surface area contributed by atoms with Crippen LogP contribution in [0.4, 0.5) is 11.4 Å². The molecule has 0 aliphatic carbocycles. The Balaban J connectivity index is 1.72. The van der Waals surface area contributed by atoms with Gasteiger partial charge in [-0.2, -0.15) is 0 Å². The molecule has 1 fully saturated rings. The molecule has 3 rings (SSSR count). The fourth-order valence-corrected chi connectivity index (χ4v) is 3.98. The first-order valence-electron chi connectivity index (χ1n) is 8.45. The van der Waals surface area contributed by atoms with Gasteiger partial charge in [0.25, 0.3) is 0 Å². The number of benzene rings is 2. The van der Waals surface area contributed by atoms with Crippen molar-refractivity contribution in [2.75, 3.05) is 11.9 Å². The second kappa shape index (κ2) is 9.28. The van der Waals surface area contributed by atoms with Crippen LogP contribution in [0.25, 0.3) is 0 Å². The van der Waals surface area contributed by atoms with Crippen LogP contribution >= 0.6 is 35.0 Å². The van der Waals surface area contributed by atoms with Crippen molar-refractivity contribution >= 4 is 63.3 Å². The van der Waals surface area contributed by atoms with Gasteiger partial charge in [-0.1, -0.05) is 41.0 Å². The zero-order chi connectivity index (χ0) is 20.1. The third-order valence-corrected chi connectivity index (χ3v) is 5.56. The summed E-state index contributed by atoms with van der Waals surface area (Å²) in [4.78, 5) is 31.2. The molecule has 1 atom stereocenters. The number of hydrogen-bond acceptors (Lipinski definition) is 4. The van der Waals surface area contributed by atoms with E-state index >= 15 is 0 Å². The number of anilines is 1. The summed E-state index contributed by atoms with van der Waals surface area (Å²) in [5.41, 5.74) is 1.31. The van der Waals surface area contributed by atoms with E-state index in [9.17, 15) is 9.59 Å². The number of nitrogens with zero attached hydrogens (tertiary/aromatic N) is 2. The zero-order valence-corrected chi connectivity index (χ0v) is 17.1. The van der Waals surface area contributed by atoms with Crippen LogP contribution in [0.3, 0.4) is 0 Å². The number of amides is 2. The highest BCUT2D eigenvalue weighted by molar-refractivity contribution is 8.15. The molecule has 0 spiro atoms. The van der Waals surface area contributed by atoms with Crippen molar-refractivity contribution in [3.05, 3.63) is 71.2 Å². The van der Waals surface area contributed by atoms with Gasteiger partial charge in [-0.15, -0.1) is 6.58 Å². The van der Waals surface area contributed by atoms with E-state index in [-0.39, 0.29) is 18.2 Å². The molecule has 0 aromatic heterocycles. The quantitative estimate of drug-likeness (QED) is 0.641. The summed E-state index contributed by atoms with van der Waals surface area (Å²) in [6.07, 6.45) is 1.67. The summed E-state index contributed by atoms with van der Waals surface area (Å²) in [6.45, 7) is 4.02. The Morgan fingerprint density at radius 3 is 2.36 bits per heavy atom. The standard InChI is InChI=1S/C20H17Cl2N3O2S/c1-2-11-25-19(27)17(12-18(26)23-15-7-3-13(21)4-8-15)28-20(25)24-16-9-5-14(22)6-10-16/h2-10,17H,1,11-12H2,(H,23,26). The minimum atomic E-state index is -0.543. The molecule has 2 amide bonds. The number of carbonyl (C=O) groups is 2. The molecule has 8 heteroatoms. The molecule has 0 radical (unpaired) electrons. The summed E-state index contributed by atoms with van der Waals surface area (Å²) < 4.78 is 0. The first kappa shape index (κ1) is 20.5. The number of nitrogens with one attached hydrogen (secondary N) is 1. The first-order valence-corrected chi connectivity index (χ1v) is 10.1. The number of carbonyl (C=O) groups excluding carboxylic acids is 2. The predicted molar refractivity (Wildman–Crippen MR) is 117 cm³/mol. The number of amidine groups is 1. The van der Waals surface area contributed by atoms with Crippen molar-refractivity contribution in [2.45, 2.75) is 11.7 Å². The minimum absolute atomic E-state index is 0.0411. The van der Waals surface area contributed by atoms with Gasteiger partial charge < -0.3 is 5.32 Å². The molecule has 1 heterocycles. The van der Waals surface area contributed by atoms with E-state index in [1.807, 2.05) is 0 Å². The molecular formula is C20H17Cl2N3O2S. The fraction of sp³-hybridized carbons (Fsp3) is 0.150. The molecule has 144 valence electrons. The highest BCUT2D eigenvalue weighted by Crippen LogP contribution is 2.32. The van der Waals surface area contributed by atoms with Crippen LogP contribution in [0.2, 0.25) is 10.0 Å². The maximum atomic E-state index is 12.7. The van der Waals surface area contributed by atoms with Gasteiger partial charge in [-0.05, 0) is 48.5 Å². The molecule has 2 aromatic rings. The molecular weight excluding hydrogens is 417 g/mol. The van der Waals surface area contributed by atoms with Crippen LogP contribution in [-0.2, 0) is 9.59 Å². The lowest BCUT2D eigenvalue weighted by atomic mass is 10.2. The van der Waals surface area contributed by atoms with Crippen LogP contribution in [0.1, 0.15) is 6.42 Å². The van der Waals surface area contributed by atoms with Crippen molar-refractivity contribution < 1.29 is 9.59 Å². The number of hydrogen-bond donors (Lipinski definition) is 1. The SMILES string of the molecule is C=CCN1C(=O)C(CC(=O)Nc2ccc(Cl)cc2)SC1=Nc1ccc(Cl)cc1. The molecule has 0 bridgehead atoms. The topological polar surface area (TPSA) is 61.8 Å². The van der Waals surface area contributed by atoms with Gasteiger partial charge in [0.2, 0.25) is 11.8 Å². The van der Waals surface area contributed by atoms with Crippen molar-refractivity contribution in [2.24, 2.45) is 4.99 Å². The Hall–Kier alpha value is -2.28. The Kier molecular flexibility index (Phi) is 6.78. The predicted octanol–water partition coefficient (Wildman–Crippen LogP) is 5.14. The van der Waals surface area contributed by atoms with Gasteiger partial charge >= 0.3 is 0 Å². The third kappa shape index (κ3) is 5.16. The molecule has 1 unspecified atom stereocenters. The van der Waals surface area contributed by atoms with Gasteiger partial charge in [0.05, 0.1) is 5.69 Å². The van der Waals surface area contributed by atoms with Crippen LogP contribution in [-0.4, -0.2) is 33.7 Å². The van der Waals surface area contributed by atoms with Gasteiger partial charge in [0.1, 0.15) is 5.25 Å². The van der Waals surface area contributed by atoms with Crippen LogP contribution in [0, 0.1) is 0 Å². The van der Waals surface area contributed by atoms with E-state index < -0.39 is 5.25 Å². The highest BCUT2D eigenvalue weighted by Gasteiger charge is 2.38. The van der Waals surface area contributed by atoms with Crippen molar-refractivity contribution in [3.8, 4) is 0 Å². The first-order chi connectivity index (χ1) is 13.5. The number of halogens is 2. The smallest absolute Gasteiger partial charge is 0.242 e. The summed E-state index contributed by atoms with van der Waals surface area (Å²) >= 11 is 13.0. The van der Waals surface area contributed by atoms with Gasteiger partial charge in [-0.25, -0.2) is 4.99 Å². The second-order valence-electron chi connectivity index (χ2n) is 5.97. The molecule has 1 aliphatic rings. The minimum Gasteiger partial charge on any atom is -0.326 e. The van der Waals surface area contributed by atoms with Gasteiger partial charge in [-0.3, -0.25) is 14.5 Å². The Morgan fingerprint density at radius 2 is 1.75 bits per heavy atom. The van der Waals surface area contributed by atoms with Crippen molar-refractivity contribution in [1.29, 1.82) is 0 Å². The Labute approximate surface area is 177 Å². The van der Waals surface area contributed by atoms with Crippen LogP contribution < -0.4 is 5.32 Å². The normalized spacial score (nSPS) is 17.8. The molecule has 1 N–H and O–H groups in total. The average molecular weight is 434 g/mol. The van der Waals surface area contributed by atoms with Crippen molar-refractivity contribution in [1.82, 2.24) is 4.90 Å². The molecule has 1 saturated heterocycles. The van der Waals surface area contributed by atoms with Gasteiger partial charge in [0, 0.05) is 28.7 Å². The lowest BCUT2D eigenvalue weighted by Crippen LogP contribution is -2.33. The Bertz CT molecular complexity index is 914. The lowest BCUT2D eigenvalue weighted by molar-refractivity contribution is -0.127. The zero-order valence-electron chi connectivity index (χ0n) is 14.8. The summed E-state index contributed by atoms with van der Waals surface area (Å²) in [6, 6.07) is 13.8. The monoisotopic (exact) mass is 433 g/mol. The molecule has 5 nitrogen and oxygen atoms in total. The van der Waals surface area contributed by atoms with E-state index in [4.69, 9.17) is 23.2 Å². The molecule has 2 aromatic carbocycles. The van der Waals surface area contributed by atoms with E-state index in [0.29, 0.717) is 33.1 Å².